The third kappa shape index (κ3) is 1.69. The van der Waals surface area contributed by atoms with Crippen LogP contribution in [0, 0.1) is 0 Å². The Kier molecular flexibility index (Phi) is 2.75. The maximum atomic E-state index is 6.05. The van der Waals surface area contributed by atoms with Crippen molar-refractivity contribution in [3.8, 4) is 0 Å². The van der Waals surface area contributed by atoms with E-state index in [4.69, 9.17) is 4.74 Å². The molecule has 1 aliphatic rings. The van der Waals surface area contributed by atoms with Crippen LogP contribution in [-0.4, -0.2) is 20.9 Å². The van der Waals surface area contributed by atoms with Gasteiger partial charge in [0.05, 0.1) is 6.10 Å². The van der Waals surface area contributed by atoms with Crippen molar-refractivity contribution in [3.05, 3.63) is 46.5 Å². The van der Waals surface area contributed by atoms with Crippen LogP contribution in [0.2, 0.25) is 0 Å². The van der Waals surface area contributed by atoms with Crippen LogP contribution in [0.3, 0.4) is 0 Å². The van der Waals surface area contributed by atoms with Gasteiger partial charge in [0.25, 0.3) is 0 Å². The Morgan fingerprint density at radius 3 is 2.83 bits per heavy atom. The highest BCUT2D eigenvalue weighted by Crippen LogP contribution is 2.46. The summed E-state index contributed by atoms with van der Waals surface area (Å²) in [4.78, 5) is 0. The van der Waals surface area contributed by atoms with Gasteiger partial charge in [-0.05, 0) is 24.6 Å². The van der Waals surface area contributed by atoms with Crippen molar-refractivity contribution in [3.63, 3.8) is 0 Å². The molecule has 1 aromatic heterocycles. The molecule has 5 heteroatoms. The molecule has 2 unspecified atom stereocenters. The van der Waals surface area contributed by atoms with E-state index in [9.17, 15) is 0 Å². The summed E-state index contributed by atoms with van der Waals surface area (Å²) in [6.45, 7) is 2.08. The number of aromatic nitrogens is 3. The number of hydrogen-bond acceptors (Lipinski definition) is 3. The maximum absolute atomic E-state index is 6.05. The molecule has 1 aliphatic heterocycles. The standard InChI is InChI=1S/C13H14BrN3O/c1-9-7-13(18-9,12-16-15-8-17(12)2)10-4-3-5-11(14)6-10/h3-6,8-9H,7H2,1-2H3. The first-order chi connectivity index (χ1) is 8.62. The molecule has 0 bridgehead atoms. The first kappa shape index (κ1) is 11.9. The Labute approximate surface area is 114 Å². The van der Waals surface area contributed by atoms with Gasteiger partial charge in [-0.1, -0.05) is 28.1 Å². The van der Waals surface area contributed by atoms with Gasteiger partial charge in [0, 0.05) is 17.9 Å². The molecule has 1 saturated heterocycles. The van der Waals surface area contributed by atoms with E-state index in [0.29, 0.717) is 0 Å². The van der Waals surface area contributed by atoms with Gasteiger partial charge in [-0.25, -0.2) is 0 Å². The van der Waals surface area contributed by atoms with Crippen molar-refractivity contribution < 1.29 is 4.74 Å². The average Bonchev–Trinajstić information content (AvgIpc) is 2.71. The number of halogens is 1. The molecule has 0 spiro atoms. The number of ether oxygens (including phenoxy) is 1. The number of hydrogen-bond donors (Lipinski definition) is 0. The molecule has 2 heterocycles. The van der Waals surface area contributed by atoms with E-state index in [1.54, 1.807) is 6.33 Å². The lowest BCUT2D eigenvalue weighted by molar-refractivity contribution is -0.184. The summed E-state index contributed by atoms with van der Waals surface area (Å²) in [5, 5.41) is 8.19. The first-order valence-electron chi connectivity index (χ1n) is 5.90. The summed E-state index contributed by atoms with van der Waals surface area (Å²) in [7, 11) is 1.95. The summed E-state index contributed by atoms with van der Waals surface area (Å²) in [5.74, 6) is 0.860. The van der Waals surface area contributed by atoms with Gasteiger partial charge in [0.2, 0.25) is 0 Å². The minimum atomic E-state index is -0.450. The highest BCUT2D eigenvalue weighted by Gasteiger charge is 2.49. The van der Waals surface area contributed by atoms with Crippen molar-refractivity contribution in [1.29, 1.82) is 0 Å². The maximum Gasteiger partial charge on any atom is 0.169 e. The fraction of sp³-hybridized carbons (Fsp3) is 0.385. The first-order valence-corrected chi connectivity index (χ1v) is 6.69. The second-order valence-corrected chi connectivity index (χ2v) is 5.65. The molecule has 0 radical (unpaired) electrons. The number of aryl methyl sites for hydroxylation is 1. The molecule has 94 valence electrons. The van der Waals surface area contributed by atoms with Crippen LogP contribution in [0.4, 0.5) is 0 Å². The molecule has 0 N–H and O–H groups in total. The van der Waals surface area contributed by atoms with E-state index in [0.717, 1.165) is 22.3 Å². The highest BCUT2D eigenvalue weighted by molar-refractivity contribution is 9.10. The zero-order chi connectivity index (χ0) is 12.8. The summed E-state index contributed by atoms with van der Waals surface area (Å²) in [5.41, 5.74) is 0.667. The molecule has 18 heavy (non-hydrogen) atoms. The SMILES string of the molecule is CC1CC(c2cccc(Br)c2)(c2nncn2C)O1. The van der Waals surface area contributed by atoms with Crippen LogP contribution < -0.4 is 0 Å². The fourth-order valence-electron chi connectivity index (χ4n) is 2.59. The van der Waals surface area contributed by atoms with Crippen LogP contribution in [0.1, 0.15) is 24.7 Å². The van der Waals surface area contributed by atoms with Crippen LogP contribution in [-0.2, 0) is 17.4 Å². The average molecular weight is 308 g/mol. The van der Waals surface area contributed by atoms with Crippen molar-refractivity contribution in [2.45, 2.75) is 25.0 Å². The predicted molar refractivity (Wildman–Crippen MR) is 71.1 cm³/mol. The van der Waals surface area contributed by atoms with Crippen LogP contribution in [0.15, 0.2) is 35.1 Å². The molecular formula is C13H14BrN3O. The van der Waals surface area contributed by atoms with E-state index in [1.165, 1.54) is 0 Å². The third-order valence-electron chi connectivity index (χ3n) is 3.34. The number of benzene rings is 1. The lowest BCUT2D eigenvalue weighted by Crippen LogP contribution is -2.49. The Bertz CT molecular complexity index is 575. The fourth-order valence-corrected chi connectivity index (χ4v) is 2.99. The minimum absolute atomic E-state index is 0.251. The van der Waals surface area contributed by atoms with Crippen molar-refractivity contribution >= 4 is 15.9 Å². The predicted octanol–water partition coefficient (Wildman–Crippen LogP) is 2.63. The highest BCUT2D eigenvalue weighted by atomic mass is 79.9. The molecule has 2 aromatic rings. The van der Waals surface area contributed by atoms with Gasteiger partial charge in [-0.3, -0.25) is 0 Å². The Morgan fingerprint density at radius 1 is 1.50 bits per heavy atom. The molecule has 0 amide bonds. The summed E-state index contributed by atoms with van der Waals surface area (Å²) in [6, 6.07) is 8.19. The number of nitrogens with zero attached hydrogens (tertiary/aromatic N) is 3. The molecule has 3 rings (SSSR count). The molecule has 0 saturated carbocycles. The largest absolute Gasteiger partial charge is 0.359 e. The zero-order valence-electron chi connectivity index (χ0n) is 10.3. The lowest BCUT2D eigenvalue weighted by atomic mass is 9.82. The summed E-state index contributed by atoms with van der Waals surface area (Å²) in [6.07, 6.45) is 2.89. The van der Waals surface area contributed by atoms with Gasteiger partial charge in [-0.2, -0.15) is 0 Å². The Morgan fingerprint density at radius 2 is 2.28 bits per heavy atom. The van der Waals surface area contributed by atoms with Crippen LogP contribution in [0.5, 0.6) is 0 Å². The van der Waals surface area contributed by atoms with Crippen molar-refractivity contribution in [1.82, 2.24) is 14.8 Å². The Hall–Kier alpha value is -1.20. The van der Waals surface area contributed by atoms with E-state index in [1.807, 2.05) is 23.7 Å². The molecule has 2 atom stereocenters. The van der Waals surface area contributed by atoms with E-state index in [2.05, 4.69) is 45.2 Å². The van der Waals surface area contributed by atoms with E-state index in [-0.39, 0.29) is 6.10 Å². The summed E-state index contributed by atoms with van der Waals surface area (Å²) < 4.78 is 9.02. The second kappa shape index (κ2) is 4.17. The Balaban J connectivity index is 2.11. The van der Waals surface area contributed by atoms with Gasteiger partial charge in [0.15, 0.2) is 11.4 Å². The second-order valence-electron chi connectivity index (χ2n) is 4.74. The van der Waals surface area contributed by atoms with E-state index >= 15 is 0 Å². The normalized spacial score (nSPS) is 26.9. The van der Waals surface area contributed by atoms with Gasteiger partial charge in [0.1, 0.15) is 6.33 Å². The zero-order valence-corrected chi connectivity index (χ0v) is 11.9. The van der Waals surface area contributed by atoms with Gasteiger partial charge in [-0.15, -0.1) is 10.2 Å². The van der Waals surface area contributed by atoms with Crippen LogP contribution in [0.25, 0.3) is 0 Å². The quantitative estimate of drug-likeness (QED) is 0.856. The monoisotopic (exact) mass is 307 g/mol. The molecule has 1 aromatic carbocycles. The topological polar surface area (TPSA) is 39.9 Å². The van der Waals surface area contributed by atoms with Gasteiger partial charge >= 0.3 is 0 Å². The molecular weight excluding hydrogens is 294 g/mol. The van der Waals surface area contributed by atoms with Crippen LogP contribution >= 0.6 is 15.9 Å². The van der Waals surface area contributed by atoms with Gasteiger partial charge < -0.3 is 9.30 Å². The third-order valence-corrected chi connectivity index (χ3v) is 3.83. The van der Waals surface area contributed by atoms with Crippen molar-refractivity contribution in [2.75, 3.05) is 0 Å². The summed E-state index contributed by atoms with van der Waals surface area (Å²) >= 11 is 3.51. The number of rotatable bonds is 2. The van der Waals surface area contributed by atoms with E-state index < -0.39 is 5.60 Å². The van der Waals surface area contributed by atoms with Crippen molar-refractivity contribution in [2.24, 2.45) is 7.05 Å². The smallest absolute Gasteiger partial charge is 0.169 e. The molecule has 4 nitrogen and oxygen atoms in total. The molecule has 1 fully saturated rings. The minimum Gasteiger partial charge on any atom is -0.359 e. The lowest BCUT2D eigenvalue weighted by Gasteiger charge is -2.45. The molecule has 0 aliphatic carbocycles.